The summed E-state index contributed by atoms with van der Waals surface area (Å²) in [7, 11) is 0. The molecule has 10 atom stereocenters. The van der Waals surface area contributed by atoms with E-state index in [1.807, 2.05) is 30.3 Å². The van der Waals surface area contributed by atoms with Gasteiger partial charge in [-0.3, -0.25) is 4.79 Å². The number of ether oxygens (including phenoxy) is 1. The molecule has 6 aliphatic carbocycles. The van der Waals surface area contributed by atoms with Crippen LogP contribution in [0, 0.1) is 56.7 Å². The first-order valence-corrected chi connectivity index (χ1v) is 22.8. The first kappa shape index (κ1) is 41.9. The number of esters is 1. The molecule has 0 saturated heterocycles. The Labute approximate surface area is 340 Å². The normalized spacial score (nSPS) is 40.3. The Morgan fingerprint density at radius 1 is 0.911 bits per heavy atom. The van der Waals surface area contributed by atoms with E-state index in [2.05, 4.69) is 79.4 Å². The molecular weight excluding hydrogens is 694 g/mol. The number of hydrogen-bond donors (Lipinski definition) is 2. The smallest absolute Gasteiger partial charge is 0.315 e. The number of hydrogen-bond acceptors (Lipinski definition) is 4. The lowest BCUT2D eigenvalue weighted by Crippen LogP contribution is -2.68. The number of fused-ring (bicyclic) bond motifs is 7. The fraction of sp³-hybridized carbons (Fsp3) is 0.745. The summed E-state index contributed by atoms with van der Waals surface area (Å²) in [5.74, 6) is 2.70. The van der Waals surface area contributed by atoms with Gasteiger partial charge in [0.2, 0.25) is 0 Å². The summed E-state index contributed by atoms with van der Waals surface area (Å²) in [6, 6.07) is 9.69. The van der Waals surface area contributed by atoms with Gasteiger partial charge < -0.3 is 15.2 Å². The number of halogens is 1. The fourth-order valence-corrected chi connectivity index (χ4v) is 15.1. The van der Waals surface area contributed by atoms with E-state index in [0.29, 0.717) is 42.4 Å². The third-order valence-electron chi connectivity index (χ3n) is 18.9. The van der Waals surface area contributed by atoms with Crippen LogP contribution in [0.2, 0.25) is 0 Å². The van der Waals surface area contributed by atoms with E-state index in [0.717, 1.165) is 44.2 Å². The SMILES string of the molecule is C=C(C)C1CCC2(NCCC(O)(CC)CC)CCC3(C)C(CCC4C5(C)CC=C(C6=CCC(CF)(C(=O)OCc7ccccc7)CC6)C(C)(C)C5CCC43C)C12. The minimum atomic E-state index is -1.09. The highest BCUT2D eigenvalue weighted by molar-refractivity contribution is 5.78. The lowest BCUT2D eigenvalue weighted by atomic mass is 9.33. The fourth-order valence-electron chi connectivity index (χ4n) is 15.1. The molecule has 0 radical (unpaired) electrons. The van der Waals surface area contributed by atoms with Crippen molar-refractivity contribution >= 4 is 5.97 Å². The Balaban J connectivity index is 1.11. The zero-order chi connectivity index (χ0) is 40.4. The zero-order valence-corrected chi connectivity index (χ0v) is 36.5. The van der Waals surface area contributed by atoms with Crippen LogP contribution in [0.5, 0.6) is 0 Å². The number of nitrogens with one attached hydrogen (secondary N) is 1. The van der Waals surface area contributed by atoms with Crippen LogP contribution in [0.25, 0.3) is 0 Å². The minimum Gasteiger partial charge on any atom is -0.460 e. The van der Waals surface area contributed by atoms with Crippen LogP contribution in [0.15, 0.2) is 65.8 Å². The number of allylic oxidation sites excluding steroid dienone is 5. The van der Waals surface area contributed by atoms with Gasteiger partial charge in [0.25, 0.3) is 0 Å². The zero-order valence-electron chi connectivity index (χ0n) is 36.5. The van der Waals surface area contributed by atoms with Gasteiger partial charge in [0.1, 0.15) is 13.3 Å². The van der Waals surface area contributed by atoms with Gasteiger partial charge in [-0.25, -0.2) is 4.39 Å². The number of carbonyl (C=O) groups excluding carboxylic acids is 1. The molecule has 0 aliphatic heterocycles. The maximum atomic E-state index is 14.8. The van der Waals surface area contributed by atoms with E-state index in [-0.39, 0.29) is 33.8 Å². The van der Waals surface area contributed by atoms with E-state index < -0.39 is 23.7 Å². The van der Waals surface area contributed by atoms with Gasteiger partial charge in [-0.2, -0.15) is 0 Å². The van der Waals surface area contributed by atoms with Gasteiger partial charge in [-0.05, 0) is 178 Å². The number of aliphatic hydroxyl groups is 1. The Hall–Kier alpha value is -2.24. The molecule has 2 N–H and O–H groups in total. The topological polar surface area (TPSA) is 58.6 Å². The van der Waals surface area contributed by atoms with E-state index in [1.54, 1.807) is 0 Å². The molecule has 0 heterocycles. The monoisotopic (exact) mass is 770 g/mol. The molecule has 0 amide bonds. The number of rotatable bonds is 12. The highest BCUT2D eigenvalue weighted by Gasteiger charge is 2.70. The second-order valence-electron chi connectivity index (χ2n) is 21.4. The summed E-state index contributed by atoms with van der Waals surface area (Å²) >= 11 is 0. The van der Waals surface area contributed by atoms with Crippen LogP contribution >= 0.6 is 0 Å². The highest BCUT2D eigenvalue weighted by Crippen LogP contribution is 2.76. The van der Waals surface area contributed by atoms with E-state index in [1.165, 1.54) is 68.1 Å². The van der Waals surface area contributed by atoms with Crippen LogP contribution in [0.4, 0.5) is 4.39 Å². The number of benzene rings is 1. The van der Waals surface area contributed by atoms with Crippen LogP contribution < -0.4 is 5.32 Å². The summed E-state index contributed by atoms with van der Waals surface area (Å²) < 4.78 is 20.5. The van der Waals surface area contributed by atoms with Crippen molar-refractivity contribution in [1.29, 1.82) is 0 Å². The molecule has 5 heteroatoms. The lowest BCUT2D eigenvalue weighted by molar-refractivity contribution is -0.221. The largest absolute Gasteiger partial charge is 0.460 e. The number of carbonyl (C=O) groups is 1. The Morgan fingerprint density at radius 3 is 2.29 bits per heavy atom. The van der Waals surface area contributed by atoms with Crippen molar-refractivity contribution in [3.8, 4) is 0 Å². The molecule has 1 aromatic rings. The molecule has 6 aliphatic rings. The molecule has 0 bridgehead atoms. The van der Waals surface area contributed by atoms with Gasteiger partial charge in [0, 0.05) is 5.54 Å². The molecule has 4 nitrogen and oxygen atoms in total. The molecule has 7 rings (SSSR count). The van der Waals surface area contributed by atoms with Crippen LogP contribution in [-0.4, -0.2) is 35.4 Å². The molecule has 0 aromatic heterocycles. The second kappa shape index (κ2) is 15.1. The van der Waals surface area contributed by atoms with Crippen molar-refractivity contribution in [2.24, 2.45) is 56.7 Å². The van der Waals surface area contributed by atoms with Crippen molar-refractivity contribution in [3.63, 3.8) is 0 Å². The standard InChI is InChI=1S/C51H76FNO3/c1-10-50(55,11-2)31-32-53-51-28-21-38(35(3)4)43(51)40-17-18-42-46(7)24-22-39(45(5,6)41(46)23-25-48(42,9)47(40,8)29-30-51)37-19-26-49(34-52,27-20-37)44(54)56-33-36-15-13-12-14-16-36/h12-16,19,22,38,40-43,53,55H,3,10-11,17-18,20-21,23-34H2,1-2,4-9H3. The van der Waals surface area contributed by atoms with Crippen molar-refractivity contribution in [2.75, 3.05) is 13.2 Å². The summed E-state index contributed by atoms with van der Waals surface area (Å²) in [4.78, 5) is 13.4. The maximum Gasteiger partial charge on any atom is 0.315 e. The van der Waals surface area contributed by atoms with Gasteiger partial charge in [0.05, 0.1) is 11.0 Å². The average molecular weight is 770 g/mol. The van der Waals surface area contributed by atoms with Gasteiger partial charge >= 0.3 is 5.97 Å². The van der Waals surface area contributed by atoms with Crippen molar-refractivity contribution < 1.29 is 19.0 Å². The maximum absolute atomic E-state index is 14.8. The van der Waals surface area contributed by atoms with E-state index in [9.17, 15) is 14.3 Å². The molecule has 310 valence electrons. The third-order valence-corrected chi connectivity index (χ3v) is 18.9. The summed E-state index contributed by atoms with van der Waals surface area (Å²) in [6.07, 6.45) is 20.1. The third kappa shape index (κ3) is 6.54. The van der Waals surface area contributed by atoms with E-state index in [4.69, 9.17) is 4.74 Å². The molecule has 1 aromatic carbocycles. The summed E-state index contributed by atoms with van der Waals surface area (Å²) in [5.41, 5.74) is 4.35. The predicted octanol–water partition coefficient (Wildman–Crippen LogP) is 12.3. The van der Waals surface area contributed by atoms with Crippen molar-refractivity contribution in [3.05, 3.63) is 71.3 Å². The molecule has 10 unspecified atom stereocenters. The Kier molecular flexibility index (Phi) is 11.3. The Morgan fingerprint density at radius 2 is 1.64 bits per heavy atom. The highest BCUT2D eigenvalue weighted by atomic mass is 19.1. The predicted molar refractivity (Wildman–Crippen MR) is 227 cm³/mol. The van der Waals surface area contributed by atoms with Crippen molar-refractivity contribution in [2.45, 2.75) is 169 Å². The first-order chi connectivity index (χ1) is 26.5. The molecular formula is C51H76FNO3. The first-order valence-electron chi connectivity index (χ1n) is 22.8. The van der Waals surface area contributed by atoms with Crippen LogP contribution in [-0.2, 0) is 16.1 Å². The summed E-state index contributed by atoms with van der Waals surface area (Å²) in [6.45, 7) is 24.7. The molecule has 4 saturated carbocycles. The second-order valence-corrected chi connectivity index (χ2v) is 21.4. The van der Waals surface area contributed by atoms with E-state index >= 15 is 0 Å². The summed E-state index contributed by atoms with van der Waals surface area (Å²) in [5, 5.41) is 15.4. The lowest BCUT2D eigenvalue weighted by Gasteiger charge is -2.72. The minimum absolute atomic E-state index is 0.00247. The molecule has 0 spiro atoms. The van der Waals surface area contributed by atoms with Crippen molar-refractivity contribution in [1.82, 2.24) is 5.32 Å². The molecule has 56 heavy (non-hydrogen) atoms. The quantitative estimate of drug-likeness (QED) is 0.164. The van der Waals surface area contributed by atoms with Crippen LogP contribution in [0.3, 0.4) is 0 Å². The molecule has 4 fully saturated rings. The van der Waals surface area contributed by atoms with Crippen LogP contribution in [0.1, 0.15) is 157 Å². The Bertz CT molecular complexity index is 1690. The average Bonchev–Trinajstić information content (AvgIpc) is 3.57. The van der Waals surface area contributed by atoms with Gasteiger partial charge in [-0.15, -0.1) is 0 Å². The number of alkyl halides is 1. The van der Waals surface area contributed by atoms with Gasteiger partial charge in [0.15, 0.2) is 0 Å². The van der Waals surface area contributed by atoms with Gasteiger partial charge in [-0.1, -0.05) is 103 Å².